The molecule has 1 aliphatic heterocycles. The van der Waals surface area contributed by atoms with Gasteiger partial charge >= 0.3 is 0 Å². The van der Waals surface area contributed by atoms with Crippen LogP contribution in [0.4, 0.5) is 0 Å². The Morgan fingerprint density at radius 3 is 2.74 bits per heavy atom. The van der Waals surface area contributed by atoms with Crippen LogP contribution in [0.3, 0.4) is 0 Å². The standard InChI is InChI=1S/C12H25N3O2.2ClH/c1-15(7-3-9-17-2)8-6-14-12(16)11-4-5-13-10-11;;/h11,13H,3-10H2,1-2H3,(H,14,16);2*1H. The first kappa shape index (κ1) is 21.2. The van der Waals surface area contributed by atoms with Crippen molar-refractivity contribution in [1.82, 2.24) is 15.5 Å². The smallest absolute Gasteiger partial charge is 0.224 e. The molecular weight excluding hydrogens is 289 g/mol. The van der Waals surface area contributed by atoms with Crippen molar-refractivity contribution in [2.24, 2.45) is 5.92 Å². The minimum Gasteiger partial charge on any atom is -0.385 e. The molecule has 1 unspecified atom stereocenters. The third-order valence-electron chi connectivity index (χ3n) is 3.11. The number of likely N-dealkylation sites (N-methyl/N-ethyl adjacent to an activating group) is 1. The molecule has 7 heteroatoms. The maximum absolute atomic E-state index is 11.7. The molecule has 5 nitrogen and oxygen atoms in total. The molecule has 1 atom stereocenters. The minimum atomic E-state index is 0. The van der Waals surface area contributed by atoms with Gasteiger partial charge in [0.05, 0.1) is 5.92 Å². The molecule has 19 heavy (non-hydrogen) atoms. The molecule has 2 N–H and O–H groups in total. The maximum Gasteiger partial charge on any atom is 0.224 e. The van der Waals surface area contributed by atoms with Crippen molar-refractivity contribution in [3.8, 4) is 0 Å². The van der Waals surface area contributed by atoms with Gasteiger partial charge in [-0.25, -0.2) is 0 Å². The SMILES string of the molecule is COCCCN(C)CCNC(=O)C1CCNC1.Cl.Cl. The third kappa shape index (κ3) is 9.46. The fraction of sp³-hybridized carbons (Fsp3) is 0.917. The van der Waals surface area contributed by atoms with Crippen molar-refractivity contribution in [2.45, 2.75) is 12.8 Å². The van der Waals surface area contributed by atoms with Gasteiger partial charge in [-0.05, 0) is 26.4 Å². The second-order valence-corrected chi connectivity index (χ2v) is 4.63. The van der Waals surface area contributed by atoms with Gasteiger partial charge in [-0.2, -0.15) is 0 Å². The van der Waals surface area contributed by atoms with Crippen LogP contribution < -0.4 is 10.6 Å². The quantitative estimate of drug-likeness (QED) is 0.641. The average molecular weight is 316 g/mol. The first-order valence-corrected chi connectivity index (χ1v) is 6.40. The highest BCUT2D eigenvalue weighted by atomic mass is 35.5. The fourth-order valence-electron chi connectivity index (χ4n) is 1.98. The van der Waals surface area contributed by atoms with Crippen molar-refractivity contribution in [3.63, 3.8) is 0 Å². The molecule has 1 saturated heterocycles. The summed E-state index contributed by atoms with van der Waals surface area (Å²) in [5.74, 6) is 0.370. The van der Waals surface area contributed by atoms with E-state index in [1.54, 1.807) is 7.11 Å². The summed E-state index contributed by atoms with van der Waals surface area (Å²) in [6.07, 6.45) is 2.00. The molecule has 1 aliphatic rings. The lowest BCUT2D eigenvalue weighted by Crippen LogP contribution is -2.37. The highest BCUT2D eigenvalue weighted by molar-refractivity contribution is 5.85. The van der Waals surface area contributed by atoms with E-state index in [-0.39, 0.29) is 36.6 Å². The highest BCUT2D eigenvalue weighted by Crippen LogP contribution is 2.06. The summed E-state index contributed by atoms with van der Waals surface area (Å²) >= 11 is 0. The number of methoxy groups -OCH3 is 1. The summed E-state index contributed by atoms with van der Waals surface area (Å²) in [4.78, 5) is 13.9. The molecule has 1 heterocycles. The Kier molecular flexibility index (Phi) is 14.5. The van der Waals surface area contributed by atoms with Gasteiger partial charge in [-0.3, -0.25) is 4.79 Å². The summed E-state index contributed by atoms with van der Waals surface area (Å²) in [6, 6.07) is 0. The van der Waals surface area contributed by atoms with E-state index in [4.69, 9.17) is 4.74 Å². The van der Waals surface area contributed by atoms with Crippen LogP contribution in [-0.2, 0) is 9.53 Å². The Morgan fingerprint density at radius 2 is 2.16 bits per heavy atom. The molecule has 0 aromatic heterocycles. The Hall–Kier alpha value is -0.0700. The zero-order valence-corrected chi connectivity index (χ0v) is 13.4. The Labute approximate surface area is 128 Å². The number of ether oxygens (including phenoxy) is 1. The maximum atomic E-state index is 11.7. The number of nitrogens with zero attached hydrogens (tertiary/aromatic N) is 1. The van der Waals surface area contributed by atoms with Crippen molar-refractivity contribution in [3.05, 3.63) is 0 Å². The molecule has 0 aromatic carbocycles. The predicted octanol–water partition coefficient (Wildman–Crippen LogP) is 0.524. The van der Waals surface area contributed by atoms with Crippen LogP contribution in [0.1, 0.15) is 12.8 Å². The van der Waals surface area contributed by atoms with Crippen molar-refractivity contribution in [2.75, 3.05) is 53.5 Å². The normalized spacial score (nSPS) is 17.7. The van der Waals surface area contributed by atoms with Crippen LogP contribution >= 0.6 is 24.8 Å². The van der Waals surface area contributed by atoms with E-state index in [0.29, 0.717) is 0 Å². The molecular formula is C12H27Cl2N3O2. The fourth-order valence-corrected chi connectivity index (χ4v) is 1.98. The van der Waals surface area contributed by atoms with E-state index >= 15 is 0 Å². The largest absolute Gasteiger partial charge is 0.385 e. The second-order valence-electron chi connectivity index (χ2n) is 4.63. The minimum absolute atomic E-state index is 0. The number of rotatable bonds is 8. The van der Waals surface area contributed by atoms with Crippen LogP contribution in [0, 0.1) is 5.92 Å². The number of hydrogen-bond acceptors (Lipinski definition) is 4. The van der Waals surface area contributed by atoms with E-state index in [9.17, 15) is 4.79 Å². The molecule has 0 spiro atoms. The second kappa shape index (κ2) is 12.9. The van der Waals surface area contributed by atoms with Crippen molar-refractivity contribution < 1.29 is 9.53 Å². The Bertz CT molecular complexity index is 227. The van der Waals surface area contributed by atoms with Gasteiger partial charge in [0.25, 0.3) is 0 Å². The summed E-state index contributed by atoms with van der Waals surface area (Å²) in [7, 11) is 3.79. The lowest BCUT2D eigenvalue weighted by molar-refractivity contribution is -0.124. The number of carbonyl (C=O) groups excluding carboxylic acids is 1. The predicted molar refractivity (Wildman–Crippen MR) is 82.5 cm³/mol. The van der Waals surface area contributed by atoms with E-state index < -0.39 is 0 Å². The van der Waals surface area contributed by atoms with Crippen LogP contribution in [-0.4, -0.2) is 64.3 Å². The molecule has 0 bridgehead atoms. The van der Waals surface area contributed by atoms with Crippen LogP contribution in [0.2, 0.25) is 0 Å². The molecule has 0 radical (unpaired) electrons. The summed E-state index contributed by atoms with van der Waals surface area (Å²) < 4.78 is 5.00. The monoisotopic (exact) mass is 315 g/mol. The lowest BCUT2D eigenvalue weighted by atomic mass is 10.1. The van der Waals surface area contributed by atoms with Crippen molar-refractivity contribution >= 4 is 30.7 Å². The van der Waals surface area contributed by atoms with Crippen molar-refractivity contribution in [1.29, 1.82) is 0 Å². The van der Waals surface area contributed by atoms with Gasteiger partial charge in [-0.15, -0.1) is 24.8 Å². The molecule has 0 saturated carbocycles. The zero-order valence-electron chi connectivity index (χ0n) is 11.8. The van der Waals surface area contributed by atoms with Gasteiger partial charge in [0.15, 0.2) is 0 Å². The third-order valence-corrected chi connectivity index (χ3v) is 3.11. The molecule has 1 rings (SSSR count). The molecule has 0 aliphatic carbocycles. The first-order chi connectivity index (χ1) is 8.24. The van der Waals surface area contributed by atoms with Crippen LogP contribution in [0.25, 0.3) is 0 Å². The average Bonchev–Trinajstić information content (AvgIpc) is 2.82. The van der Waals surface area contributed by atoms with Gasteiger partial charge in [0.2, 0.25) is 5.91 Å². The Balaban J connectivity index is 0. The number of hydrogen-bond donors (Lipinski definition) is 2. The zero-order chi connectivity index (χ0) is 12.5. The number of nitrogens with one attached hydrogen (secondary N) is 2. The van der Waals surface area contributed by atoms with E-state index in [0.717, 1.165) is 52.2 Å². The number of halogens is 2. The number of amides is 1. The molecule has 0 aromatic rings. The Morgan fingerprint density at radius 1 is 1.42 bits per heavy atom. The highest BCUT2D eigenvalue weighted by Gasteiger charge is 2.21. The van der Waals surface area contributed by atoms with Gasteiger partial charge in [0.1, 0.15) is 0 Å². The van der Waals surface area contributed by atoms with E-state index in [2.05, 4.69) is 22.6 Å². The van der Waals surface area contributed by atoms with Crippen LogP contribution in [0.5, 0.6) is 0 Å². The van der Waals surface area contributed by atoms with E-state index in [1.807, 2.05) is 0 Å². The van der Waals surface area contributed by atoms with Gasteiger partial charge < -0.3 is 20.3 Å². The lowest BCUT2D eigenvalue weighted by Gasteiger charge is -2.17. The first-order valence-electron chi connectivity index (χ1n) is 6.40. The summed E-state index contributed by atoms with van der Waals surface area (Å²) in [5.41, 5.74) is 0. The molecule has 116 valence electrons. The number of carbonyl (C=O) groups is 1. The molecule has 1 amide bonds. The summed E-state index contributed by atoms with van der Waals surface area (Å²) in [5, 5.41) is 6.20. The van der Waals surface area contributed by atoms with Crippen LogP contribution in [0.15, 0.2) is 0 Å². The topological polar surface area (TPSA) is 53.6 Å². The van der Waals surface area contributed by atoms with Gasteiger partial charge in [0, 0.05) is 39.9 Å². The van der Waals surface area contributed by atoms with E-state index in [1.165, 1.54) is 0 Å². The van der Waals surface area contributed by atoms with Gasteiger partial charge in [-0.1, -0.05) is 0 Å². The molecule has 1 fully saturated rings. The summed E-state index contributed by atoms with van der Waals surface area (Å²) in [6.45, 7) is 5.23.